The molecular formula is C17H11BrN2O5. The van der Waals surface area contributed by atoms with Crippen molar-refractivity contribution in [3.63, 3.8) is 0 Å². The molecule has 3 rings (SSSR count). The van der Waals surface area contributed by atoms with Gasteiger partial charge < -0.3 is 9.26 Å². The van der Waals surface area contributed by atoms with Crippen LogP contribution in [-0.2, 0) is 11.3 Å². The van der Waals surface area contributed by atoms with Crippen molar-refractivity contribution in [1.29, 1.82) is 0 Å². The van der Waals surface area contributed by atoms with Crippen LogP contribution in [0.2, 0.25) is 0 Å². The van der Waals surface area contributed by atoms with Gasteiger partial charge in [0, 0.05) is 17.7 Å². The SMILES string of the molecule is O=C(OCc1cc(-c2ccccc2)on1)c1ccc(Br)c([N+](=O)[O-])c1. The minimum absolute atomic E-state index is 0.0849. The van der Waals surface area contributed by atoms with E-state index in [-0.39, 0.29) is 22.3 Å². The van der Waals surface area contributed by atoms with Crippen molar-refractivity contribution in [2.75, 3.05) is 0 Å². The van der Waals surface area contributed by atoms with Crippen molar-refractivity contribution < 1.29 is 19.0 Å². The quantitative estimate of drug-likeness (QED) is 0.357. The Morgan fingerprint density at radius 1 is 1.20 bits per heavy atom. The minimum Gasteiger partial charge on any atom is -0.455 e. The van der Waals surface area contributed by atoms with E-state index in [9.17, 15) is 14.9 Å². The van der Waals surface area contributed by atoms with Gasteiger partial charge in [-0.05, 0) is 28.1 Å². The Labute approximate surface area is 150 Å². The van der Waals surface area contributed by atoms with Gasteiger partial charge in [0.1, 0.15) is 12.3 Å². The Morgan fingerprint density at radius 3 is 2.68 bits per heavy atom. The molecule has 0 unspecified atom stereocenters. The summed E-state index contributed by atoms with van der Waals surface area (Å²) in [7, 11) is 0. The molecular weight excluding hydrogens is 392 g/mol. The van der Waals surface area contributed by atoms with Crippen molar-refractivity contribution in [2.45, 2.75) is 6.61 Å². The Balaban J connectivity index is 1.68. The molecule has 1 aromatic heterocycles. The molecule has 0 aliphatic carbocycles. The molecule has 3 aromatic rings. The Hall–Kier alpha value is -3.00. The molecule has 0 aliphatic heterocycles. The number of nitrogens with zero attached hydrogens (tertiary/aromatic N) is 2. The smallest absolute Gasteiger partial charge is 0.338 e. The van der Waals surface area contributed by atoms with E-state index in [1.807, 2.05) is 30.3 Å². The molecule has 0 amide bonds. The number of rotatable bonds is 5. The lowest BCUT2D eigenvalue weighted by Gasteiger charge is -2.03. The zero-order valence-electron chi connectivity index (χ0n) is 12.7. The number of nitro groups is 1. The van der Waals surface area contributed by atoms with Crippen LogP contribution in [-0.4, -0.2) is 16.0 Å². The van der Waals surface area contributed by atoms with Gasteiger partial charge >= 0.3 is 5.97 Å². The Kier molecular flexibility index (Phi) is 4.90. The van der Waals surface area contributed by atoms with Crippen LogP contribution in [0.15, 0.2) is 63.6 Å². The van der Waals surface area contributed by atoms with Gasteiger partial charge in [0.15, 0.2) is 5.76 Å². The minimum atomic E-state index is -0.681. The highest BCUT2D eigenvalue weighted by molar-refractivity contribution is 9.10. The lowest BCUT2D eigenvalue weighted by Crippen LogP contribution is -2.06. The summed E-state index contributed by atoms with van der Waals surface area (Å²) < 4.78 is 10.6. The average molecular weight is 403 g/mol. The molecule has 0 radical (unpaired) electrons. The summed E-state index contributed by atoms with van der Waals surface area (Å²) in [6.45, 7) is -0.0982. The van der Waals surface area contributed by atoms with Gasteiger partial charge in [-0.1, -0.05) is 35.5 Å². The number of esters is 1. The van der Waals surface area contributed by atoms with Gasteiger partial charge in [-0.2, -0.15) is 0 Å². The van der Waals surface area contributed by atoms with E-state index >= 15 is 0 Å². The molecule has 0 saturated heterocycles. The molecule has 1 heterocycles. The summed E-state index contributed by atoms with van der Waals surface area (Å²) >= 11 is 3.06. The van der Waals surface area contributed by atoms with Gasteiger partial charge in [0.05, 0.1) is 15.0 Å². The van der Waals surface area contributed by atoms with Gasteiger partial charge in [0.2, 0.25) is 0 Å². The number of aromatic nitrogens is 1. The number of hydrogen-bond donors (Lipinski definition) is 0. The van der Waals surface area contributed by atoms with Crippen LogP contribution in [0.4, 0.5) is 5.69 Å². The molecule has 25 heavy (non-hydrogen) atoms. The van der Waals surface area contributed by atoms with Crippen LogP contribution in [0.3, 0.4) is 0 Å². The first kappa shape index (κ1) is 16.8. The number of nitro benzene ring substituents is 1. The van der Waals surface area contributed by atoms with Gasteiger partial charge in [0.25, 0.3) is 5.69 Å². The maximum Gasteiger partial charge on any atom is 0.338 e. The number of carbonyl (C=O) groups is 1. The highest BCUT2D eigenvalue weighted by atomic mass is 79.9. The van der Waals surface area contributed by atoms with Crippen molar-refractivity contribution in [1.82, 2.24) is 5.16 Å². The van der Waals surface area contributed by atoms with E-state index in [4.69, 9.17) is 9.26 Å². The second-order valence-electron chi connectivity index (χ2n) is 5.05. The Bertz CT molecular complexity index is 924. The predicted molar refractivity (Wildman–Crippen MR) is 91.9 cm³/mol. The van der Waals surface area contributed by atoms with Gasteiger partial charge in [-0.25, -0.2) is 4.79 Å². The van der Waals surface area contributed by atoms with Gasteiger partial charge in [-0.15, -0.1) is 0 Å². The third kappa shape index (κ3) is 3.92. The molecule has 0 aliphatic rings. The summed E-state index contributed by atoms with van der Waals surface area (Å²) in [6, 6.07) is 15.1. The highest BCUT2D eigenvalue weighted by Crippen LogP contribution is 2.26. The van der Waals surface area contributed by atoms with Gasteiger partial charge in [-0.3, -0.25) is 10.1 Å². The number of halogens is 1. The second-order valence-corrected chi connectivity index (χ2v) is 5.90. The number of hydrogen-bond acceptors (Lipinski definition) is 6. The molecule has 0 N–H and O–H groups in total. The zero-order valence-corrected chi connectivity index (χ0v) is 14.3. The predicted octanol–water partition coefficient (Wildman–Crippen LogP) is 4.37. The van der Waals surface area contributed by atoms with Crippen LogP contribution in [0.5, 0.6) is 0 Å². The topological polar surface area (TPSA) is 95.5 Å². The normalized spacial score (nSPS) is 10.4. The molecule has 2 aromatic carbocycles. The van der Waals surface area contributed by atoms with Crippen LogP contribution in [0.1, 0.15) is 16.1 Å². The van der Waals surface area contributed by atoms with E-state index < -0.39 is 10.9 Å². The third-order valence-corrected chi connectivity index (χ3v) is 4.02. The summed E-state index contributed by atoms with van der Waals surface area (Å²) in [5.74, 6) is -0.120. The number of benzene rings is 2. The molecule has 0 saturated carbocycles. The summed E-state index contributed by atoms with van der Waals surface area (Å²) in [5, 5.41) is 14.8. The van der Waals surface area contributed by atoms with E-state index in [1.54, 1.807) is 6.07 Å². The zero-order chi connectivity index (χ0) is 17.8. The fourth-order valence-corrected chi connectivity index (χ4v) is 2.51. The van der Waals surface area contributed by atoms with E-state index in [0.717, 1.165) is 11.6 Å². The summed E-state index contributed by atoms with van der Waals surface area (Å²) in [6.07, 6.45) is 0. The monoisotopic (exact) mass is 402 g/mol. The second kappa shape index (κ2) is 7.27. The molecule has 0 fully saturated rings. The lowest BCUT2D eigenvalue weighted by molar-refractivity contribution is -0.385. The fraction of sp³-hybridized carbons (Fsp3) is 0.0588. The number of ether oxygens (including phenoxy) is 1. The molecule has 126 valence electrons. The highest BCUT2D eigenvalue weighted by Gasteiger charge is 2.17. The molecule has 8 heteroatoms. The molecule has 7 nitrogen and oxygen atoms in total. The summed E-state index contributed by atoms with van der Waals surface area (Å²) in [4.78, 5) is 22.4. The first-order valence-corrected chi connectivity index (χ1v) is 7.96. The van der Waals surface area contributed by atoms with Crippen LogP contribution in [0, 0.1) is 10.1 Å². The Morgan fingerprint density at radius 2 is 1.96 bits per heavy atom. The fourth-order valence-electron chi connectivity index (χ4n) is 2.12. The van der Waals surface area contributed by atoms with E-state index in [1.165, 1.54) is 12.1 Å². The van der Waals surface area contributed by atoms with Crippen LogP contribution < -0.4 is 0 Å². The van der Waals surface area contributed by atoms with E-state index in [2.05, 4.69) is 21.1 Å². The standard InChI is InChI=1S/C17H11BrN2O5/c18-14-7-6-12(8-15(14)20(22)23)17(21)24-10-13-9-16(25-19-13)11-4-2-1-3-5-11/h1-9H,10H2. The van der Waals surface area contributed by atoms with Crippen molar-refractivity contribution in [3.8, 4) is 11.3 Å². The van der Waals surface area contributed by atoms with Crippen molar-refractivity contribution in [2.24, 2.45) is 0 Å². The lowest BCUT2D eigenvalue weighted by atomic mass is 10.2. The molecule has 0 spiro atoms. The maximum absolute atomic E-state index is 12.1. The van der Waals surface area contributed by atoms with Crippen molar-refractivity contribution >= 4 is 27.6 Å². The summed E-state index contributed by atoms with van der Waals surface area (Å²) in [5.41, 5.74) is 1.18. The molecule has 0 atom stereocenters. The first-order chi connectivity index (χ1) is 12.0. The third-order valence-electron chi connectivity index (χ3n) is 3.35. The van der Waals surface area contributed by atoms with Crippen LogP contribution >= 0.6 is 15.9 Å². The first-order valence-electron chi connectivity index (χ1n) is 7.16. The maximum atomic E-state index is 12.1. The largest absolute Gasteiger partial charge is 0.455 e. The van der Waals surface area contributed by atoms with Crippen molar-refractivity contribution in [3.05, 3.63) is 80.4 Å². The number of carbonyl (C=O) groups excluding carboxylic acids is 1. The average Bonchev–Trinajstić information content (AvgIpc) is 3.09. The molecule has 0 bridgehead atoms. The van der Waals surface area contributed by atoms with Crippen LogP contribution in [0.25, 0.3) is 11.3 Å². The van der Waals surface area contributed by atoms with E-state index in [0.29, 0.717) is 11.5 Å².